The number of carbonyl (C=O) groups excluding carboxylic acids is 2. The van der Waals surface area contributed by atoms with Crippen LogP contribution in [0.5, 0.6) is 11.5 Å². The molecule has 2 aromatic carbocycles. The zero-order valence-corrected chi connectivity index (χ0v) is 13.6. The summed E-state index contributed by atoms with van der Waals surface area (Å²) in [5.74, 6) is -0.292. The second kappa shape index (κ2) is 7.21. The largest absolute Gasteiger partial charge is 0.494 e. The SMILES string of the molecule is CCOc1ccc(CC(=O)Nc2cc(F)cc3c2OCC(=O)N3)cc1. The van der Waals surface area contributed by atoms with Crippen molar-refractivity contribution in [1.82, 2.24) is 0 Å². The Labute approximate surface area is 143 Å². The lowest BCUT2D eigenvalue weighted by Crippen LogP contribution is -2.26. The van der Waals surface area contributed by atoms with Crippen molar-refractivity contribution in [1.29, 1.82) is 0 Å². The van der Waals surface area contributed by atoms with Crippen LogP contribution in [-0.2, 0) is 16.0 Å². The highest BCUT2D eigenvalue weighted by atomic mass is 19.1. The van der Waals surface area contributed by atoms with E-state index in [1.165, 1.54) is 0 Å². The first kappa shape index (κ1) is 16.8. The number of rotatable bonds is 5. The van der Waals surface area contributed by atoms with Crippen LogP contribution in [0.25, 0.3) is 0 Å². The summed E-state index contributed by atoms with van der Waals surface area (Å²) in [6, 6.07) is 9.47. The first-order valence-corrected chi connectivity index (χ1v) is 7.83. The number of amides is 2. The van der Waals surface area contributed by atoms with Gasteiger partial charge in [0.15, 0.2) is 12.4 Å². The molecule has 2 amide bonds. The highest BCUT2D eigenvalue weighted by Crippen LogP contribution is 2.36. The number of nitrogens with one attached hydrogen (secondary N) is 2. The molecule has 6 nitrogen and oxygen atoms in total. The predicted octanol–water partition coefficient (Wildman–Crippen LogP) is 2.74. The molecule has 0 spiro atoms. The van der Waals surface area contributed by atoms with E-state index in [0.717, 1.165) is 23.4 Å². The van der Waals surface area contributed by atoms with Crippen LogP contribution in [0.4, 0.5) is 15.8 Å². The number of ether oxygens (including phenoxy) is 2. The summed E-state index contributed by atoms with van der Waals surface area (Å²) >= 11 is 0. The summed E-state index contributed by atoms with van der Waals surface area (Å²) < 4.78 is 24.4. The lowest BCUT2D eigenvalue weighted by atomic mass is 10.1. The molecule has 1 heterocycles. The van der Waals surface area contributed by atoms with Crippen molar-refractivity contribution < 1.29 is 23.5 Å². The van der Waals surface area contributed by atoms with Gasteiger partial charge < -0.3 is 20.1 Å². The average Bonchev–Trinajstić information content (AvgIpc) is 2.56. The Morgan fingerprint density at radius 3 is 2.80 bits per heavy atom. The van der Waals surface area contributed by atoms with Gasteiger partial charge in [0.2, 0.25) is 5.91 Å². The summed E-state index contributed by atoms with van der Waals surface area (Å²) in [6.07, 6.45) is 0.115. The van der Waals surface area contributed by atoms with Crippen LogP contribution in [0.15, 0.2) is 36.4 Å². The normalized spacial score (nSPS) is 12.6. The van der Waals surface area contributed by atoms with Gasteiger partial charge in [-0.2, -0.15) is 0 Å². The van der Waals surface area contributed by atoms with Crippen molar-refractivity contribution in [2.45, 2.75) is 13.3 Å². The Bertz CT molecular complexity index is 805. The minimum absolute atomic E-state index is 0.115. The van der Waals surface area contributed by atoms with Gasteiger partial charge in [0, 0.05) is 12.1 Å². The van der Waals surface area contributed by atoms with E-state index >= 15 is 0 Å². The third-order valence-electron chi connectivity index (χ3n) is 3.55. The van der Waals surface area contributed by atoms with Gasteiger partial charge in [0.05, 0.1) is 24.4 Å². The number of carbonyl (C=O) groups is 2. The summed E-state index contributed by atoms with van der Waals surface area (Å²) in [5.41, 5.74) is 1.18. The summed E-state index contributed by atoms with van der Waals surface area (Å²) in [7, 11) is 0. The predicted molar refractivity (Wildman–Crippen MR) is 90.5 cm³/mol. The molecular weight excluding hydrogens is 327 g/mol. The fourth-order valence-corrected chi connectivity index (χ4v) is 2.51. The monoisotopic (exact) mass is 344 g/mol. The average molecular weight is 344 g/mol. The maximum absolute atomic E-state index is 13.7. The molecule has 0 saturated heterocycles. The van der Waals surface area contributed by atoms with Crippen molar-refractivity contribution in [3.8, 4) is 11.5 Å². The van der Waals surface area contributed by atoms with Gasteiger partial charge in [-0.25, -0.2) is 4.39 Å². The van der Waals surface area contributed by atoms with Crippen molar-refractivity contribution in [2.24, 2.45) is 0 Å². The van der Waals surface area contributed by atoms with E-state index in [2.05, 4.69) is 10.6 Å². The van der Waals surface area contributed by atoms with Crippen LogP contribution >= 0.6 is 0 Å². The summed E-state index contributed by atoms with van der Waals surface area (Å²) in [6.45, 7) is 2.28. The van der Waals surface area contributed by atoms with Crippen LogP contribution < -0.4 is 20.1 Å². The maximum Gasteiger partial charge on any atom is 0.262 e. The molecule has 0 aliphatic carbocycles. The van der Waals surface area contributed by atoms with Crippen molar-refractivity contribution >= 4 is 23.2 Å². The van der Waals surface area contributed by atoms with Gasteiger partial charge in [-0.05, 0) is 24.6 Å². The maximum atomic E-state index is 13.7. The summed E-state index contributed by atoms with van der Waals surface area (Å²) in [5, 5.41) is 5.14. The van der Waals surface area contributed by atoms with Gasteiger partial charge >= 0.3 is 0 Å². The molecular formula is C18H17FN2O4. The minimum Gasteiger partial charge on any atom is -0.494 e. The van der Waals surface area contributed by atoms with Crippen molar-refractivity contribution in [3.05, 3.63) is 47.8 Å². The molecule has 1 aliphatic heterocycles. The number of hydrogen-bond donors (Lipinski definition) is 2. The van der Waals surface area contributed by atoms with Crippen LogP contribution in [0.2, 0.25) is 0 Å². The van der Waals surface area contributed by atoms with Crippen LogP contribution in [0, 0.1) is 5.82 Å². The molecule has 1 aliphatic rings. The van der Waals surface area contributed by atoms with Gasteiger partial charge in [0.25, 0.3) is 5.91 Å². The lowest BCUT2D eigenvalue weighted by molar-refractivity contribution is -0.118. The Morgan fingerprint density at radius 2 is 2.08 bits per heavy atom. The molecule has 0 bridgehead atoms. The Balaban J connectivity index is 1.72. The molecule has 3 rings (SSSR count). The number of benzene rings is 2. The topological polar surface area (TPSA) is 76.7 Å². The summed E-state index contributed by atoms with van der Waals surface area (Å²) in [4.78, 5) is 23.6. The second-order valence-corrected chi connectivity index (χ2v) is 5.47. The molecule has 25 heavy (non-hydrogen) atoms. The van der Waals surface area contributed by atoms with E-state index in [-0.39, 0.29) is 42.0 Å². The van der Waals surface area contributed by atoms with E-state index in [1.54, 1.807) is 24.3 Å². The molecule has 2 aromatic rings. The molecule has 7 heteroatoms. The van der Waals surface area contributed by atoms with Crippen LogP contribution in [-0.4, -0.2) is 25.0 Å². The fourth-order valence-electron chi connectivity index (χ4n) is 2.51. The standard InChI is InChI=1S/C18H17FN2O4/c1-2-24-13-5-3-11(4-6-13)7-16(22)20-14-8-12(19)9-15-18(14)25-10-17(23)21-15/h3-6,8-9H,2,7,10H2,1H3,(H,20,22)(H,21,23). The highest BCUT2D eigenvalue weighted by molar-refractivity contribution is 6.00. The molecule has 0 radical (unpaired) electrons. The van der Waals surface area contributed by atoms with Crippen molar-refractivity contribution in [3.63, 3.8) is 0 Å². The smallest absolute Gasteiger partial charge is 0.262 e. The first-order chi connectivity index (χ1) is 12.0. The van der Waals surface area contributed by atoms with E-state index in [1.807, 2.05) is 6.92 Å². The number of hydrogen-bond acceptors (Lipinski definition) is 4. The zero-order chi connectivity index (χ0) is 17.8. The molecule has 0 aromatic heterocycles. The van der Waals surface area contributed by atoms with E-state index in [9.17, 15) is 14.0 Å². The van der Waals surface area contributed by atoms with E-state index in [4.69, 9.17) is 9.47 Å². The zero-order valence-electron chi connectivity index (χ0n) is 13.6. The second-order valence-electron chi connectivity index (χ2n) is 5.47. The van der Waals surface area contributed by atoms with Crippen LogP contribution in [0.1, 0.15) is 12.5 Å². The Kier molecular flexibility index (Phi) is 4.83. The molecule has 2 N–H and O–H groups in total. The van der Waals surface area contributed by atoms with Gasteiger partial charge in [-0.15, -0.1) is 0 Å². The molecule has 0 saturated carbocycles. The third kappa shape index (κ3) is 4.06. The van der Waals surface area contributed by atoms with Gasteiger partial charge in [-0.1, -0.05) is 12.1 Å². The van der Waals surface area contributed by atoms with Gasteiger partial charge in [0.1, 0.15) is 11.6 Å². The van der Waals surface area contributed by atoms with Gasteiger partial charge in [-0.3, -0.25) is 9.59 Å². The first-order valence-electron chi connectivity index (χ1n) is 7.83. The number of anilines is 2. The third-order valence-corrected chi connectivity index (χ3v) is 3.55. The van der Waals surface area contributed by atoms with E-state index in [0.29, 0.717) is 6.61 Å². The minimum atomic E-state index is -0.582. The van der Waals surface area contributed by atoms with Crippen molar-refractivity contribution in [2.75, 3.05) is 23.8 Å². The Hall–Kier alpha value is -3.09. The fraction of sp³-hybridized carbons (Fsp3) is 0.222. The highest BCUT2D eigenvalue weighted by Gasteiger charge is 2.21. The molecule has 0 atom stereocenters. The van der Waals surface area contributed by atoms with E-state index < -0.39 is 5.82 Å². The molecule has 0 unspecified atom stereocenters. The van der Waals surface area contributed by atoms with Crippen LogP contribution in [0.3, 0.4) is 0 Å². The number of fused-ring (bicyclic) bond motifs is 1. The Morgan fingerprint density at radius 1 is 1.32 bits per heavy atom. The number of halogens is 1. The molecule has 130 valence electrons. The quantitative estimate of drug-likeness (QED) is 0.874. The lowest BCUT2D eigenvalue weighted by Gasteiger charge is -2.21. The molecule has 0 fully saturated rings.